The minimum Gasteiger partial charge on any atom is -0.493 e. The van der Waals surface area contributed by atoms with Gasteiger partial charge in [0, 0.05) is 18.3 Å². The first kappa shape index (κ1) is 20.8. The fourth-order valence-electron chi connectivity index (χ4n) is 2.59. The minimum absolute atomic E-state index is 0.194. The van der Waals surface area contributed by atoms with Crippen LogP contribution >= 0.6 is 12.2 Å². The Morgan fingerprint density at radius 3 is 2.33 bits per heavy atom. The number of benzene rings is 2. The maximum atomic E-state index is 5.66. The van der Waals surface area contributed by atoms with Gasteiger partial charge in [0.25, 0.3) is 0 Å². The van der Waals surface area contributed by atoms with Gasteiger partial charge in [-0.2, -0.15) is 0 Å². The van der Waals surface area contributed by atoms with Crippen LogP contribution in [0.4, 0.5) is 5.69 Å². The van der Waals surface area contributed by atoms with E-state index in [2.05, 4.69) is 22.8 Å². The van der Waals surface area contributed by atoms with Crippen LogP contribution in [-0.2, 0) is 6.42 Å². The molecule has 0 spiro atoms. The molecule has 0 saturated heterocycles. The Kier molecular flexibility index (Phi) is 8.20. The van der Waals surface area contributed by atoms with E-state index in [4.69, 9.17) is 26.4 Å². The highest BCUT2D eigenvalue weighted by molar-refractivity contribution is 7.80. The average Bonchev–Trinajstić information content (AvgIpc) is 2.66. The smallest absolute Gasteiger partial charge is 0.170 e. The normalized spacial score (nSPS) is 10.4. The van der Waals surface area contributed by atoms with Crippen LogP contribution in [-0.4, -0.2) is 32.0 Å². The second-order valence-electron chi connectivity index (χ2n) is 6.36. The summed E-state index contributed by atoms with van der Waals surface area (Å²) < 4.78 is 16.2. The Morgan fingerprint density at radius 1 is 1.00 bits per heavy atom. The van der Waals surface area contributed by atoms with Crippen molar-refractivity contribution in [1.82, 2.24) is 5.32 Å². The van der Waals surface area contributed by atoms with Crippen LogP contribution < -0.4 is 24.8 Å². The van der Waals surface area contributed by atoms with Crippen LogP contribution in [0, 0.1) is 0 Å². The van der Waals surface area contributed by atoms with E-state index in [1.54, 1.807) is 14.2 Å². The van der Waals surface area contributed by atoms with Gasteiger partial charge in [-0.05, 0) is 68.7 Å². The zero-order chi connectivity index (χ0) is 19.6. The summed E-state index contributed by atoms with van der Waals surface area (Å²) in [6.07, 6.45) is 2.16. The minimum atomic E-state index is 0.194. The topological polar surface area (TPSA) is 51.8 Å². The Bertz CT molecular complexity index is 733. The van der Waals surface area contributed by atoms with Gasteiger partial charge in [0.2, 0.25) is 0 Å². The third-order valence-corrected chi connectivity index (χ3v) is 4.11. The van der Waals surface area contributed by atoms with E-state index >= 15 is 0 Å². The number of rotatable bonds is 9. The maximum absolute atomic E-state index is 5.66. The molecule has 0 atom stereocenters. The monoisotopic (exact) mass is 388 g/mol. The molecule has 0 aromatic heterocycles. The Labute approximate surface area is 167 Å². The Balaban J connectivity index is 1.73. The molecule has 2 aromatic rings. The van der Waals surface area contributed by atoms with E-state index in [0.717, 1.165) is 30.8 Å². The van der Waals surface area contributed by atoms with Crippen molar-refractivity contribution < 1.29 is 14.2 Å². The number of hydrogen-bond acceptors (Lipinski definition) is 4. The predicted molar refractivity (Wildman–Crippen MR) is 114 cm³/mol. The standard InChI is InChI=1S/C21H28N2O3S/c1-15(2)26-18-10-7-16(8-11-18)6-5-13-22-21(27)23-17-9-12-19(24-3)20(14-17)25-4/h7-12,14-15H,5-6,13H2,1-4H3,(H2,22,23,27). The first-order valence-electron chi connectivity index (χ1n) is 9.04. The zero-order valence-corrected chi connectivity index (χ0v) is 17.2. The fourth-order valence-corrected chi connectivity index (χ4v) is 2.81. The van der Waals surface area contributed by atoms with Crippen LogP contribution in [0.5, 0.6) is 17.2 Å². The van der Waals surface area contributed by atoms with Crippen molar-refractivity contribution in [2.24, 2.45) is 0 Å². The zero-order valence-electron chi connectivity index (χ0n) is 16.4. The summed E-state index contributed by atoms with van der Waals surface area (Å²) in [5.74, 6) is 2.26. The molecule has 0 aliphatic rings. The van der Waals surface area contributed by atoms with E-state index in [0.29, 0.717) is 16.6 Å². The van der Waals surface area contributed by atoms with Gasteiger partial charge in [0.1, 0.15) is 5.75 Å². The van der Waals surface area contributed by atoms with Crippen LogP contribution in [0.3, 0.4) is 0 Å². The summed E-state index contributed by atoms with van der Waals surface area (Å²) in [6, 6.07) is 13.9. The first-order chi connectivity index (χ1) is 13.0. The summed E-state index contributed by atoms with van der Waals surface area (Å²) >= 11 is 5.35. The molecule has 0 fully saturated rings. The van der Waals surface area contributed by atoms with Crippen molar-refractivity contribution in [2.45, 2.75) is 32.8 Å². The number of aryl methyl sites for hydroxylation is 1. The third kappa shape index (κ3) is 6.98. The van der Waals surface area contributed by atoms with Crippen molar-refractivity contribution in [3.8, 4) is 17.2 Å². The molecule has 0 aliphatic carbocycles. The lowest BCUT2D eigenvalue weighted by Gasteiger charge is -2.13. The number of anilines is 1. The van der Waals surface area contributed by atoms with Crippen molar-refractivity contribution in [3.05, 3.63) is 48.0 Å². The Hall–Kier alpha value is -2.47. The van der Waals surface area contributed by atoms with E-state index in [9.17, 15) is 0 Å². The van der Waals surface area contributed by atoms with Crippen LogP contribution in [0.25, 0.3) is 0 Å². The van der Waals surface area contributed by atoms with Gasteiger partial charge in [-0.1, -0.05) is 12.1 Å². The third-order valence-electron chi connectivity index (χ3n) is 3.86. The summed E-state index contributed by atoms with van der Waals surface area (Å²) in [5.41, 5.74) is 2.14. The van der Waals surface area contributed by atoms with Gasteiger partial charge in [-0.3, -0.25) is 0 Å². The molecule has 0 radical (unpaired) electrons. The fraction of sp³-hybridized carbons (Fsp3) is 0.381. The molecule has 2 rings (SSSR count). The SMILES string of the molecule is COc1ccc(NC(=S)NCCCc2ccc(OC(C)C)cc2)cc1OC. The van der Waals surface area contributed by atoms with Gasteiger partial charge in [-0.15, -0.1) is 0 Å². The lowest BCUT2D eigenvalue weighted by molar-refractivity contribution is 0.242. The van der Waals surface area contributed by atoms with E-state index in [1.807, 2.05) is 44.2 Å². The summed E-state index contributed by atoms with van der Waals surface area (Å²) in [5, 5.41) is 6.98. The molecule has 5 nitrogen and oxygen atoms in total. The quantitative estimate of drug-likeness (QED) is 0.490. The summed E-state index contributed by atoms with van der Waals surface area (Å²) in [4.78, 5) is 0. The Morgan fingerprint density at radius 2 is 1.70 bits per heavy atom. The average molecular weight is 389 g/mol. The summed E-state index contributed by atoms with van der Waals surface area (Å²) in [7, 11) is 3.22. The highest BCUT2D eigenvalue weighted by Crippen LogP contribution is 2.29. The van der Waals surface area contributed by atoms with Crippen molar-refractivity contribution in [3.63, 3.8) is 0 Å². The number of thiocarbonyl (C=S) groups is 1. The molecular formula is C21H28N2O3S. The number of methoxy groups -OCH3 is 2. The highest BCUT2D eigenvalue weighted by Gasteiger charge is 2.05. The molecule has 27 heavy (non-hydrogen) atoms. The lowest BCUT2D eigenvalue weighted by Crippen LogP contribution is -2.29. The number of nitrogens with one attached hydrogen (secondary N) is 2. The molecule has 0 bridgehead atoms. The van der Waals surface area contributed by atoms with Crippen molar-refractivity contribution >= 4 is 23.0 Å². The van der Waals surface area contributed by atoms with E-state index in [-0.39, 0.29) is 6.10 Å². The van der Waals surface area contributed by atoms with E-state index in [1.165, 1.54) is 5.56 Å². The molecule has 0 saturated carbocycles. The maximum Gasteiger partial charge on any atom is 0.170 e. The van der Waals surface area contributed by atoms with Gasteiger partial charge in [0.15, 0.2) is 16.6 Å². The molecule has 2 aromatic carbocycles. The second-order valence-corrected chi connectivity index (χ2v) is 6.77. The van der Waals surface area contributed by atoms with Crippen molar-refractivity contribution in [1.29, 1.82) is 0 Å². The second kappa shape index (κ2) is 10.6. The van der Waals surface area contributed by atoms with Crippen LogP contribution in [0.15, 0.2) is 42.5 Å². The van der Waals surface area contributed by atoms with Crippen molar-refractivity contribution in [2.75, 3.05) is 26.1 Å². The first-order valence-corrected chi connectivity index (χ1v) is 9.45. The highest BCUT2D eigenvalue weighted by atomic mass is 32.1. The largest absolute Gasteiger partial charge is 0.493 e. The summed E-state index contributed by atoms with van der Waals surface area (Å²) in [6.45, 7) is 4.85. The molecule has 0 unspecified atom stereocenters. The number of ether oxygens (including phenoxy) is 3. The van der Waals surface area contributed by atoms with Gasteiger partial charge >= 0.3 is 0 Å². The van der Waals surface area contributed by atoms with Gasteiger partial charge < -0.3 is 24.8 Å². The number of hydrogen-bond donors (Lipinski definition) is 2. The predicted octanol–water partition coefficient (Wildman–Crippen LogP) is 4.41. The molecule has 0 aliphatic heterocycles. The van der Waals surface area contributed by atoms with E-state index < -0.39 is 0 Å². The molecule has 0 heterocycles. The van der Waals surface area contributed by atoms with Gasteiger partial charge in [0.05, 0.1) is 20.3 Å². The molecule has 2 N–H and O–H groups in total. The molecule has 6 heteroatoms. The molecule has 146 valence electrons. The van der Waals surface area contributed by atoms with Crippen LogP contribution in [0.2, 0.25) is 0 Å². The van der Waals surface area contributed by atoms with Crippen LogP contribution in [0.1, 0.15) is 25.8 Å². The molecule has 0 amide bonds. The lowest BCUT2D eigenvalue weighted by atomic mass is 10.1. The molecular weight excluding hydrogens is 360 g/mol. The van der Waals surface area contributed by atoms with Gasteiger partial charge in [-0.25, -0.2) is 0 Å².